The molecular weight excluding hydrogens is 156 g/mol. The molecule has 0 heteroatoms. The van der Waals surface area contributed by atoms with Crippen molar-refractivity contribution in [3.05, 3.63) is 23.3 Å². The van der Waals surface area contributed by atoms with Crippen LogP contribution in [0.25, 0.3) is 0 Å². The summed E-state index contributed by atoms with van der Waals surface area (Å²) in [5.74, 6) is 0.907. The van der Waals surface area contributed by atoms with E-state index in [1.807, 2.05) is 0 Å². The van der Waals surface area contributed by atoms with E-state index >= 15 is 0 Å². The second kappa shape index (κ2) is 3.01. The molecule has 0 aromatic rings. The van der Waals surface area contributed by atoms with Crippen LogP contribution in [0.4, 0.5) is 0 Å². The predicted molar refractivity (Wildman–Crippen MR) is 57.6 cm³/mol. The van der Waals surface area contributed by atoms with Crippen LogP contribution in [-0.2, 0) is 0 Å². The average molecular weight is 176 g/mol. The first-order valence-corrected chi connectivity index (χ1v) is 5.62. The zero-order valence-corrected chi connectivity index (χ0v) is 9.06. The summed E-state index contributed by atoms with van der Waals surface area (Å²) in [6.45, 7) is 6.93. The minimum atomic E-state index is 0.620. The van der Waals surface area contributed by atoms with Gasteiger partial charge in [-0.15, -0.1) is 0 Å². The van der Waals surface area contributed by atoms with E-state index in [4.69, 9.17) is 0 Å². The lowest BCUT2D eigenvalue weighted by molar-refractivity contribution is 0.511. The Morgan fingerprint density at radius 3 is 2.77 bits per heavy atom. The summed E-state index contributed by atoms with van der Waals surface area (Å²) < 4.78 is 0. The minimum Gasteiger partial charge on any atom is -0.0693 e. The van der Waals surface area contributed by atoms with Crippen molar-refractivity contribution in [1.29, 1.82) is 0 Å². The maximum atomic E-state index is 2.39. The fraction of sp³-hybridized carbons (Fsp3) is 0.692. The van der Waals surface area contributed by atoms with Crippen LogP contribution >= 0.6 is 0 Å². The van der Waals surface area contributed by atoms with Gasteiger partial charge in [-0.25, -0.2) is 0 Å². The summed E-state index contributed by atoms with van der Waals surface area (Å²) in [6, 6.07) is 0. The van der Waals surface area contributed by atoms with Crippen molar-refractivity contribution >= 4 is 0 Å². The second-order valence-corrected chi connectivity index (χ2v) is 4.62. The Bertz CT molecular complexity index is 270. The standard InChI is InChI=1S/C13H20/c1-4-6-11-8-7-10(3)12-9-13(11,12)5-2/h7-8,12H,4-6,9H2,1-3H3. The van der Waals surface area contributed by atoms with Crippen LogP contribution in [0.3, 0.4) is 0 Å². The highest BCUT2D eigenvalue weighted by Gasteiger charge is 2.55. The van der Waals surface area contributed by atoms with Gasteiger partial charge in [0, 0.05) is 0 Å². The van der Waals surface area contributed by atoms with E-state index in [0.29, 0.717) is 5.41 Å². The van der Waals surface area contributed by atoms with E-state index in [9.17, 15) is 0 Å². The van der Waals surface area contributed by atoms with Gasteiger partial charge >= 0.3 is 0 Å². The summed E-state index contributed by atoms with van der Waals surface area (Å²) in [6.07, 6.45) is 10.1. The number of rotatable bonds is 3. The van der Waals surface area contributed by atoms with Crippen molar-refractivity contribution in [3.8, 4) is 0 Å². The molecule has 0 radical (unpaired) electrons. The lowest BCUT2D eigenvalue weighted by Gasteiger charge is -2.22. The smallest absolute Gasteiger partial charge is 0.00159 e. The molecule has 1 saturated carbocycles. The Morgan fingerprint density at radius 2 is 2.15 bits per heavy atom. The predicted octanol–water partition coefficient (Wildman–Crippen LogP) is 4.09. The summed E-state index contributed by atoms with van der Waals surface area (Å²) in [5, 5.41) is 0. The van der Waals surface area contributed by atoms with Gasteiger partial charge in [0.05, 0.1) is 0 Å². The first kappa shape index (κ1) is 9.05. The molecule has 2 aliphatic carbocycles. The zero-order chi connectivity index (χ0) is 9.47. The maximum absolute atomic E-state index is 2.39. The molecule has 0 nitrogen and oxygen atoms in total. The van der Waals surface area contributed by atoms with E-state index in [1.54, 1.807) is 11.1 Å². The van der Waals surface area contributed by atoms with E-state index in [0.717, 1.165) is 5.92 Å². The summed E-state index contributed by atoms with van der Waals surface area (Å²) in [5.41, 5.74) is 3.96. The molecule has 2 atom stereocenters. The molecule has 0 bridgehead atoms. The first-order valence-electron chi connectivity index (χ1n) is 5.62. The minimum absolute atomic E-state index is 0.620. The van der Waals surface area contributed by atoms with Crippen LogP contribution in [0, 0.1) is 11.3 Å². The van der Waals surface area contributed by atoms with E-state index in [1.165, 1.54) is 25.7 Å². The van der Waals surface area contributed by atoms with Gasteiger partial charge in [0.15, 0.2) is 0 Å². The molecular formula is C13H20. The first-order chi connectivity index (χ1) is 6.24. The Hall–Kier alpha value is -0.520. The lowest BCUT2D eigenvalue weighted by atomic mass is 9.82. The van der Waals surface area contributed by atoms with Crippen LogP contribution < -0.4 is 0 Å². The summed E-state index contributed by atoms with van der Waals surface area (Å²) >= 11 is 0. The lowest BCUT2D eigenvalue weighted by Crippen LogP contribution is -2.10. The van der Waals surface area contributed by atoms with Crippen LogP contribution in [0.15, 0.2) is 23.3 Å². The molecule has 1 fully saturated rings. The van der Waals surface area contributed by atoms with Gasteiger partial charge in [-0.1, -0.05) is 43.6 Å². The van der Waals surface area contributed by atoms with Gasteiger partial charge in [-0.05, 0) is 37.5 Å². The fourth-order valence-corrected chi connectivity index (χ4v) is 2.99. The largest absolute Gasteiger partial charge is 0.0693 e. The monoisotopic (exact) mass is 176 g/mol. The third kappa shape index (κ3) is 1.19. The van der Waals surface area contributed by atoms with Gasteiger partial charge in [-0.2, -0.15) is 0 Å². The molecule has 0 saturated heterocycles. The Kier molecular flexibility index (Phi) is 2.09. The molecule has 13 heavy (non-hydrogen) atoms. The van der Waals surface area contributed by atoms with Crippen LogP contribution in [0.1, 0.15) is 46.5 Å². The van der Waals surface area contributed by atoms with Crippen LogP contribution in [-0.4, -0.2) is 0 Å². The van der Waals surface area contributed by atoms with Crippen LogP contribution in [0.2, 0.25) is 0 Å². The highest BCUT2D eigenvalue weighted by Crippen LogP contribution is 2.65. The second-order valence-electron chi connectivity index (χ2n) is 4.62. The topological polar surface area (TPSA) is 0 Å². The molecule has 2 aliphatic rings. The Labute approximate surface area is 81.7 Å². The van der Waals surface area contributed by atoms with Gasteiger partial charge < -0.3 is 0 Å². The highest BCUT2D eigenvalue weighted by molar-refractivity contribution is 5.40. The van der Waals surface area contributed by atoms with Gasteiger partial charge in [-0.3, -0.25) is 0 Å². The van der Waals surface area contributed by atoms with E-state index in [-0.39, 0.29) is 0 Å². The van der Waals surface area contributed by atoms with Crippen molar-refractivity contribution in [3.63, 3.8) is 0 Å². The molecule has 2 unspecified atom stereocenters. The molecule has 0 heterocycles. The van der Waals surface area contributed by atoms with Crippen molar-refractivity contribution < 1.29 is 0 Å². The van der Waals surface area contributed by atoms with Crippen molar-refractivity contribution in [2.24, 2.45) is 11.3 Å². The molecule has 0 spiro atoms. The fourth-order valence-electron chi connectivity index (χ4n) is 2.99. The summed E-state index contributed by atoms with van der Waals surface area (Å²) in [7, 11) is 0. The molecule has 0 aromatic heterocycles. The van der Waals surface area contributed by atoms with Crippen molar-refractivity contribution in [2.75, 3.05) is 0 Å². The molecule has 0 aliphatic heterocycles. The van der Waals surface area contributed by atoms with Crippen molar-refractivity contribution in [1.82, 2.24) is 0 Å². The van der Waals surface area contributed by atoms with Gasteiger partial charge in [0.1, 0.15) is 0 Å². The number of hydrogen-bond donors (Lipinski definition) is 0. The molecule has 2 rings (SSSR count). The van der Waals surface area contributed by atoms with Crippen molar-refractivity contribution in [2.45, 2.75) is 46.5 Å². The SMILES string of the molecule is CCCC1=CC=C(C)C2CC12CC. The molecule has 72 valence electrons. The Morgan fingerprint density at radius 1 is 1.38 bits per heavy atom. The molecule has 0 aromatic carbocycles. The normalized spacial score (nSPS) is 36.4. The van der Waals surface area contributed by atoms with Gasteiger partial charge in [0.25, 0.3) is 0 Å². The highest BCUT2D eigenvalue weighted by atomic mass is 14.6. The quantitative estimate of drug-likeness (QED) is 0.607. The number of allylic oxidation sites excluding steroid dienone is 4. The number of hydrogen-bond acceptors (Lipinski definition) is 0. The maximum Gasteiger partial charge on any atom is -0.00159 e. The average Bonchev–Trinajstić information content (AvgIpc) is 2.87. The molecule has 0 amide bonds. The third-order valence-electron chi connectivity index (χ3n) is 3.96. The third-order valence-corrected chi connectivity index (χ3v) is 3.96. The Balaban J connectivity index is 2.24. The molecule has 0 N–H and O–H groups in total. The van der Waals surface area contributed by atoms with Gasteiger partial charge in [0.2, 0.25) is 0 Å². The van der Waals surface area contributed by atoms with E-state index in [2.05, 4.69) is 32.9 Å². The van der Waals surface area contributed by atoms with Crippen LogP contribution in [0.5, 0.6) is 0 Å². The van der Waals surface area contributed by atoms with E-state index < -0.39 is 0 Å². The summed E-state index contributed by atoms with van der Waals surface area (Å²) in [4.78, 5) is 0. The zero-order valence-electron chi connectivity index (χ0n) is 9.06. The number of fused-ring (bicyclic) bond motifs is 1.